The Hall–Kier alpha value is -1.62. The predicted octanol–water partition coefficient (Wildman–Crippen LogP) is 2.75. The number of hydrogen-bond acceptors (Lipinski definition) is 3. The van der Waals surface area contributed by atoms with Gasteiger partial charge >= 0.3 is 0 Å². The van der Waals surface area contributed by atoms with Crippen LogP contribution in [0.15, 0.2) is 12.1 Å². The van der Waals surface area contributed by atoms with E-state index in [1.54, 1.807) is 11.8 Å². The Morgan fingerprint density at radius 2 is 2.29 bits per heavy atom. The lowest BCUT2D eigenvalue weighted by Gasteiger charge is -2.33. The summed E-state index contributed by atoms with van der Waals surface area (Å²) < 4.78 is 19.9. The monoisotopic (exact) mass is 294 g/mol. The fraction of sp³-hybridized carbons (Fsp3) is 0.562. The van der Waals surface area contributed by atoms with Gasteiger partial charge < -0.3 is 15.4 Å². The average molecular weight is 294 g/mol. The maximum absolute atomic E-state index is 14.2. The molecule has 1 amide bonds. The standard InChI is InChI=1S/C16H23FN2O2/c1-3-7-21-13-5-4-6-19(10-13)16(20)14-9-12(18)8-11(2)15(14)17/h8-9,13H,3-7,10,18H2,1-2H3. The molecular formula is C16H23FN2O2. The van der Waals surface area contributed by atoms with Gasteiger partial charge in [-0.1, -0.05) is 6.92 Å². The number of anilines is 1. The minimum atomic E-state index is -0.481. The van der Waals surface area contributed by atoms with Crippen LogP contribution in [0.2, 0.25) is 0 Å². The maximum Gasteiger partial charge on any atom is 0.257 e. The second-order valence-electron chi connectivity index (χ2n) is 5.59. The van der Waals surface area contributed by atoms with E-state index in [9.17, 15) is 9.18 Å². The molecule has 0 bridgehead atoms. The number of amides is 1. The van der Waals surface area contributed by atoms with Gasteiger partial charge in [0, 0.05) is 25.4 Å². The number of halogens is 1. The van der Waals surface area contributed by atoms with Crippen molar-refractivity contribution in [1.29, 1.82) is 0 Å². The topological polar surface area (TPSA) is 55.6 Å². The van der Waals surface area contributed by atoms with E-state index in [1.165, 1.54) is 12.1 Å². The number of benzene rings is 1. The van der Waals surface area contributed by atoms with Gasteiger partial charge in [0.15, 0.2) is 0 Å². The first-order chi connectivity index (χ1) is 10.0. The number of rotatable bonds is 4. The third-order valence-electron chi connectivity index (χ3n) is 3.73. The lowest BCUT2D eigenvalue weighted by Crippen LogP contribution is -2.43. The first-order valence-corrected chi connectivity index (χ1v) is 7.49. The quantitative estimate of drug-likeness (QED) is 0.869. The first kappa shape index (κ1) is 15.8. The highest BCUT2D eigenvalue weighted by molar-refractivity contribution is 5.95. The van der Waals surface area contributed by atoms with Crippen LogP contribution in [0.1, 0.15) is 42.1 Å². The molecule has 1 atom stereocenters. The Balaban J connectivity index is 2.12. The van der Waals surface area contributed by atoms with Crippen molar-refractivity contribution in [3.63, 3.8) is 0 Å². The van der Waals surface area contributed by atoms with E-state index in [-0.39, 0.29) is 17.6 Å². The van der Waals surface area contributed by atoms with E-state index in [1.807, 2.05) is 0 Å². The second kappa shape index (κ2) is 6.89. The summed E-state index contributed by atoms with van der Waals surface area (Å²) in [6.45, 7) is 5.52. The molecule has 1 fully saturated rings. The van der Waals surface area contributed by atoms with Gasteiger partial charge in [0.05, 0.1) is 11.7 Å². The zero-order valence-corrected chi connectivity index (χ0v) is 12.7. The molecule has 21 heavy (non-hydrogen) atoms. The molecular weight excluding hydrogens is 271 g/mol. The van der Waals surface area contributed by atoms with Gasteiger partial charge in [-0.15, -0.1) is 0 Å². The van der Waals surface area contributed by atoms with E-state index in [0.717, 1.165) is 19.3 Å². The van der Waals surface area contributed by atoms with Crippen LogP contribution < -0.4 is 5.73 Å². The summed E-state index contributed by atoms with van der Waals surface area (Å²) in [5.74, 6) is -0.779. The third kappa shape index (κ3) is 3.73. The van der Waals surface area contributed by atoms with Crippen molar-refractivity contribution in [3.8, 4) is 0 Å². The Kier molecular flexibility index (Phi) is 5.17. The van der Waals surface area contributed by atoms with E-state index in [0.29, 0.717) is 30.9 Å². The van der Waals surface area contributed by atoms with Crippen LogP contribution in [-0.2, 0) is 4.74 Å². The molecule has 1 heterocycles. The third-order valence-corrected chi connectivity index (χ3v) is 3.73. The first-order valence-electron chi connectivity index (χ1n) is 7.49. The van der Waals surface area contributed by atoms with Crippen molar-refractivity contribution in [2.24, 2.45) is 0 Å². The van der Waals surface area contributed by atoms with E-state index >= 15 is 0 Å². The zero-order valence-electron chi connectivity index (χ0n) is 12.7. The van der Waals surface area contributed by atoms with Crippen LogP contribution in [0.3, 0.4) is 0 Å². The lowest BCUT2D eigenvalue weighted by atomic mass is 10.0. The molecule has 1 aliphatic rings. The number of likely N-dealkylation sites (tertiary alicyclic amines) is 1. The van der Waals surface area contributed by atoms with Crippen LogP contribution in [-0.4, -0.2) is 36.6 Å². The molecule has 0 aliphatic carbocycles. The molecule has 2 N–H and O–H groups in total. The summed E-state index contributed by atoms with van der Waals surface area (Å²) in [5, 5.41) is 0. The Bertz CT molecular complexity index is 519. The van der Waals surface area contributed by atoms with Gasteiger partial charge in [0.2, 0.25) is 0 Å². The molecule has 1 aromatic rings. The molecule has 0 radical (unpaired) electrons. The molecule has 116 valence electrons. The minimum absolute atomic E-state index is 0.0490. The zero-order chi connectivity index (χ0) is 15.4. The Morgan fingerprint density at radius 3 is 3.00 bits per heavy atom. The predicted molar refractivity (Wildman–Crippen MR) is 80.7 cm³/mol. The van der Waals surface area contributed by atoms with E-state index in [2.05, 4.69) is 6.92 Å². The normalized spacial score (nSPS) is 18.8. The number of piperidine rings is 1. The molecule has 5 heteroatoms. The summed E-state index contributed by atoms with van der Waals surface area (Å²) in [7, 11) is 0. The molecule has 1 saturated heterocycles. The molecule has 1 aromatic carbocycles. The van der Waals surface area contributed by atoms with Gasteiger partial charge in [-0.05, 0) is 43.9 Å². The number of hydrogen-bond donors (Lipinski definition) is 1. The summed E-state index contributed by atoms with van der Waals surface area (Å²) >= 11 is 0. The van der Waals surface area contributed by atoms with Crippen LogP contribution >= 0.6 is 0 Å². The summed E-state index contributed by atoms with van der Waals surface area (Å²) in [4.78, 5) is 14.2. The number of nitrogen functional groups attached to an aromatic ring is 1. The lowest BCUT2D eigenvalue weighted by molar-refractivity contribution is 0.00196. The van der Waals surface area contributed by atoms with Gasteiger partial charge in [0.25, 0.3) is 5.91 Å². The summed E-state index contributed by atoms with van der Waals surface area (Å²) in [6, 6.07) is 2.96. The maximum atomic E-state index is 14.2. The second-order valence-corrected chi connectivity index (χ2v) is 5.59. The molecule has 1 aliphatic heterocycles. The summed E-state index contributed by atoms with van der Waals surface area (Å²) in [5.41, 5.74) is 6.59. The van der Waals surface area contributed by atoms with E-state index < -0.39 is 5.82 Å². The van der Waals surface area contributed by atoms with Crippen molar-refractivity contribution >= 4 is 11.6 Å². The van der Waals surface area contributed by atoms with Crippen molar-refractivity contribution < 1.29 is 13.9 Å². The fourth-order valence-electron chi connectivity index (χ4n) is 2.67. The molecule has 1 unspecified atom stereocenters. The molecule has 4 nitrogen and oxygen atoms in total. The average Bonchev–Trinajstić information content (AvgIpc) is 2.48. The Morgan fingerprint density at radius 1 is 1.52 bits per heavy atom. The Labute approximate surface area is 125 Å². The van der Waals surface area contributed by atoms with Gasteiger partial charge in [0.1, 0.15) is 5.82 Å². The van der Waals surface area contributed by atoms with Gasteiger partial charge in [-0.3, -0.25) is 4.79 Å². The van der Waals surface area contributed by atoms with Crippen LogP contribution in [0, 0.1) is 12.7 Å². The van der Waals surface area contributed by atoms with Crippen molar-refractivity contribution in [3.05, 3.63) is 29.1 Å². The van der Waals surface area contributed by atoms with Crippen molar-refractivity contribution in [2.75, 3.05) is 25.4 Å². The highest BCUT2D eigenvalue weighted by atomic mass is 19.1. The molecule has 0 aromatic heterocycles. The van der Waals surface area contributed by atoms with Gasteiger partial charge in [-0.25, -0.2) is 4.39 Å². The largest absolute Gasteiger partial charge is 0.399 e. The molecule has 0 saturated carbocycles. The number of aryl methyl sites for hydroxylation is 1. The van der Waals surface area contributed by atoms with Crippen molar-refractivity contribution in [2.45, 2.75) is 39.2 Å². The van der Waals surface area contributed by atoms with Crippen molar-refractivity contribution in [1.82, 2.24) is 4.90 Å². The number of nitrogens with two attached hydrogens (primary N) is 1. The number of nitrogens with zero attached hydrogens (tertiary/aromatic N) is 1. The van der Waals surface area contributed by atoms with Gasteiger partial charge in [-0.2, -0.15) is 0 Å². The molecule has 2 rings (SSSR count). The van der Waals surface area contributed by atoms with Crippen LogP contribution in [0.25, 0.3) is 0 Å². The smallest absolute Gasteiger partial charge is 0.257 e. The minimum Gasteiger partial charge on any atom is -0.399 e. The highest BCUT2D eigenvalue weighted by Crippen LogP contribution is 2.21. The number of ether oxygens (including phenoxy) is 1. The summed E-state index contributed by atoms with van der Waals surface area (Å²) in [6.07, 6.45) is 2.83. The number of carbonyl (C=O) groups is 1. The van der Waals surface area contributed by atoms with Crippen LogP contribution in [0.4, 0.5) is 10.1 Å². The highest BCUT2D eigenvalue weighted by Gasteiger charge is 2.27. The van der Waals surface area contributed by atoms with Crippen LogP contribution in [0.5, 0.6) is 0 Å². The number of carbonyl (C=O) groups excluding carboxylic acids is 1. The molecule has 0 spiro atoms. The SMILES string of the molecule is CCCOC1CCCN(C(=O)c2cc(N)cc(C)c2F)C1. The van der Waals surface area contributed by atoms with E-state index in [4.69, 9.17) is 10.5 Å². The fourth-order valence-corrected chi connectivity index (χ4v) is 2.67.